The number of nitrogens with zero attached hydrogens (tertiary/aromatic N) is 2. The molecule has 0 aliphatic carbocycles. The molecule has 0 radical (unpaired) electrons. The summed E-state index contributed by atoms with van der Waals surface area (Å²) < 4.78 is 3.24. The van der Waals surface area contributed by atoms with Crippen molar-refractivity contribution in [1.82, 2.24) is 14.9 Å². The maximum absolute atomic E-state index is 4.45. The van der Waals surface area contributed by atoms with Crippen LogP contribution < -0.4 is 5.32 Å². The monoisotopic (exact) mass is 293 g/mol. The Hall–Kier alpha value is -1.13. The zero-order chi connectivity index (χ0) is 12.3. The summed E-state index contributed by atoms with van der Waals surface area (Å²) in [7, 11) is 1.96. The molecule has 1 unspecified atom stereocenters. The van der Waals surface area contributed by atoms with Crippen molar-refractivity contribution >= 4 is 15.9 Å². The van der Waals surface area contributed by atoms with Gasteiger partial charge in [-0.25, -0.2) is 4.98 Å². The zero-order valence-electron chi connectivity index (χ0n) is 10.0. The fourth-order valence-electron chi connectivity index (χ4n) is 1.98. The van der Waals surface area contributed by atoms with E-state index in [1.165, 1.54) is 5.56 Å². The van der Waals surface area contributed by atoms with Gasteiger partial charge in [0, 0.05) is 23.4 Å². The second-order valence-electron chi connectivity index (χ2n) is 3.85. The van der Waals surface area contributed by atoms with Crippen LogP contribution in [0.3, 0.4) is 0 Å². The molecule has 2 aromatic rings. The largest absolute Gasteiger partial charge is 0.334 e. The molecule has 0 spiro atoms. The molecule has 0 fully saturated rings. The van der Waals surface area contributed by atoms with Gasteiger partial charge in [-0.3, -0.25) is 0 Å². The lowest BCUT2D eigenvalue weighted by molar-refractivity contribution is 0.590. The molecule has 0 amide bonds. The first-order valence-electron chi connectivity index (χ1n) is 5.70. The minimum atomic E-state index is 0.127. The molecule has 0 aliphatic rings. The molecule has 1 aromatic heterocycles. The third-order valence-electron chi connectivity index (χ3n) is 2.82. The van der Waals surface area contributed by atoms with Gasteiger partial charge in [-0.05, 0) is 31.7 Å². The van der Waals surface area contributed by atoms with E-state index in [0.717, 1.165) is 16.8 Å². The van der Waals surface area contributed by atoms with E-state index in [1.807, 2.05) is 31.6 Å². The highest BCUT2D eigenvalue weighted by Gasteiger charge is 2.16. The normalized spacial score (nSPS) is 12.6. The Morgan fingerprint density at radius 2 is 2.29 bits per heavy atom. The number of aryl methyl sites for hydroxylation is 1. The molecule has 0 saturated heterocycles. The van der Waals surface area contributed by atoms with Crippen LogP contribution in [-0.2, 0) is 6.54 Å². The fourth-order valence-corrected chi connectivity index (χ4v) is 2.40. The average Bonchev–Trinajstić information content (AvgIpc) is 2.78. The van der Waals surface area contributed by atoms with Gasteiger partial charge >= 0.3 is 0 Å². The van der Waals surface area contributed by atoms with E-state index < -0.39 is 0 Å². The highest BCUT2D eigenvalue weighted by Crippen LogP contribution is 2.23. The summed E-state index contributed by atoms with van der Waals surface area (Å²) in [5.74, 6) is 1.05. The van der Waals surface area contributed by atoms with Gasteiger partial charge in [0.15, 0.2) is 0 Å². The highest BCUT2D eigenvalue weighted by atomic mass is 79.9. The van der Waals surface area contributed by atoms with Gasteiger partial charge in [0.05, 0.1) is 6.04 Å². The first-order chi connectivity index (χ1) is 8.26. The molecule has 1 atom stereocenters. The SMILES string of the molecule is CCn1ccnc1C(NC)c1cccc(Br)c1. The van der Waals surface area contributed by atoms with Crippen molar-refractivity contribution in [3.8, 4) is 0 Å². The quantitative estimate of drug-likeness (QED) is 0.939. The lowest BCUT2D eigenvalue weighted by Gasteiger charge is -2.17. The van der Waals surface area contributed by atoms with Gasteiger partial charge in [0.1, 0.15) is 5.82 Å². The number of imidazole rings is 1. The Kier molecular flexibility index (Phi) is 3.97. The predicted molar refractivity (Wildman–Crippen MR) is 72.9 cm³/mol. The fraction of sp³-hybridized carbons (Fsp3) is 0.308. The number of aromatic nitrogens is 2. The maximum atomic E-state index is 4.45. The Balaban J connectivity index is 2.40. The van der Waals surface area contributed by atoms with E-state index >= 15 is 0 Å². The van der Waals surface area contributed by atoms with Crippen LogP contribution in [0.25, 0.3) is 0 Å². The zero-order valence-corrected chi connectivity index (χ0v) is 11.6. The molecular weight excluding hydrogens is 278 g/mol. The number of rotatable bonds is 4. The van der Waals surface area contributed by atoms with Crippen molar-refractivity contribution in [3.63, 3.8) is 0 Å². The second-order valence-corrected chi connectivity index (χ2v) is 4.76. The molecule has 3 nitrogen and oxygen atoms in total. The minimum absolute atomic E-state index is 0.127. The summed E-state index contributed by atoms with van der Waals surface area (Å²) in [6, 6.07) is 8.43. The molecule has 17 heavy (non-hydrogen) atoms. The third-order valence-corrected chi connectivity index (χ3v) is 3.31. The molecular formula is C13H16BrN3. The summed E-state index contributed by atoms with van der Waals surface area (Å²) in [5.41, 5.74) is 1.21. The lowest BCUT2D eigenvalue weighted by Crippen LogP contribution is -2.21. The van der Waals surface area contributed by atoms with Crippen molar-refractivity contribution in [3.05, 3.63) is 52.5 Å². The molecule has 1 heterocycles. The molecule has 1 aromatic carbocycles. The Labute approximate surface area is 110 Å². The Morgan fingerprint density at radius 1 is 1.47 bits per heavy atom. The van der Waals surface area contributed by atoms with Crippen molar-refractivity contribution in [2.24, 2.45) is 0 Å². The Bertz CT molecular complexity index is 493. The summed E-state index contributed by atoms with van der Waals surface area (Å²) in [5, 5.41) is 3.32. The topological polar surface area (TPSA) is 29.9 Å². The molecule has 4 heteroatoms. The van der Waals surface area contributed by atoms with E-state index in [1.54, 1.807) is 0 Å². The average molecular weight is 294 g/mol. The van der Waals surface area contributed by atoms with Crippen LogP contribution in [0.1, 0.15) is 24.4 Å². The van der Waals surface area contributed by atoms with E-state index in [-0.39, 0.29) is 6.04 Å². The first kappa shape index (κ1) is 12.3. The summed E-state index contributed by atoms with van der Waals surface area (Å²) >= 11 is 3.50. The van der Waals surface area contributed by atoms with Gasteiger partial charge in [-0.15, -0.1) is 0 Å². The second kappa shape index (κ2) is 5.47. The number of nitrogens with one attached hydrogen (secondary N) is 1. The maximum Gasteiger partial charge on any atom is 0.130 e. The van der Waals surface area contributed by atoms with Crippen LogP contribution in [0.15, 0.2) is 41.1 Å². The van der Waals surface area contributed by atoms with Crippen LogP contribution in [-0.4, -0.2) is 16.6 Å². The molecule has 1 N–H and O–H groups in total. The van der Waals surface area contributed by atoms with Crippen LogP contribution in [0.5, 0.6) is 0 Å². The van der Waals surface area contributed by atoms with Crippen LogP contribution in [0.4, 0.5) is 0 Å². The lowest BCUT2D eigenvalue weighted by atomic mass is 10.1. The third kappa shape index (κ3) is 2.58. The van der Waals surface area contributed by atoms with E-state index in [2.05, 4.69) is 49.9 Å². The highest BCUT2D eigenvalue weighted by molar-refractivity contribution is 9.10. The summed E-state index contributed by atoms with van der Waals surface area (Å²) in [6.07, 6.45) is 3.86. The number of hydrogen-bond donors (Lipinski definition) is 1. The van der Waals surface area contributed by atoms with Crippen molar-refractivity contribution in [2.45, 2.75) is 19.5 Å². The molecule has 2 rings (SSSR count). The molecule has 0 aliphatic heterocycles. The van der Waals surface area contributed by atoms with Crippen LogP contribution in [0.2, 0.25) is 0 Å². The standard InChI is InChI=1S/C13H16BrN3/c1-3-17-8-7-16-13(17)12(15-2)10-5-4-6-11(14)9-10/h4-9,12,15H,3H2,1-2H3. The van der Waals surface area contributed by atoms with Gasteiger partial charge in [0.25, 0.3) is 0 Å². The smallest absolute Gasteiger partial charge is 0.130 e. The summed E-state index contributed by atoms with van der Waals surface area (Å²) in [4.78, 5) is 4.45. The van der Waals surface area contributed by atoms with Gasteiger partial charge < -0.3 is 9.88 Å². The Morgan fingerprint density at radius 3 is 2.94 bits per heavy atom. The minimum Gasteiger partial charge on any atom is -0.334 e. The predicted octanol–water partition coefficient (Wildman–Crippen LogP) is 2.97. The van der Waals surface area contributed by atoms with E-state index in [0.29, 0.717) is 0 Å². The molecule has 0 saturated carbocycles. The number of hydrogen-bond acceptors (Lipinski definition) is 2. The van der Waals surface area contributed by atoms with Crippen molar-refractivity contribution < 1.29 is 0 Å². The van der Waals surface area contributed by atoms with E-state index in [9.17, 15) is 0 Å². The van der Waals surface area contributed by atoms with E-state index in [4.69, 9.17) is 0 Å². The number of halogens is 1. The van der Waals surface area contributed by atoms with Crippen LogP contribution >= 0.6 is 15.9 Å². The van der Waals surface area contributed by atoms with Crippen molar-refractivity contribution in [2.75, 3.05) is 7.05 Å². The first-order valence-corrected chi connectivity index (χ1v) is 6.49. The van der Waals surface area contributed by atoms with Gasteiger partial charge in [-0.1, -0.05) is 28.1 Å². The van der Waals surface area contributed by atoms with Gasteiger partial charge in [-0.2, -0.15) is 0 Å². The van der Waals surface area contributed by atoms with Crippen LogP contribution in [0, 0.1) is 0 Å². The molecule has 0 bridgehead atoms. The van der Waals surface area contributed by atoms with Crippen molar-refractivity contribution in [1.29, 1.82) is 0 Å². The summed E-state index contributed by atoms with van der Waals surface area (Å²) in [6.45, 7) is 3.06. The molecule has 90 valence electrons. The van der Waals surface area contributed by atoms with Gasteiger partial charge in [0.2, 0.25) is 0 Å². The number of benzene rings is 1.